The van der Waals surface area contributed by atoms with E-state index in [-0.39, 0.29) is 5.91 Å². The molecule has 1 amide bonds. The van der Waals surface area contributed by atoms with Gasteiger partial charge in [0.1, 0.15) is 5.82 Å². The SMILES string of the molecule is Cc1ccc(SCC(=O)Nc2cccc(-c3nnc4n3CCCCC4)c2)cc1C. The molecule has 0 atom stereocenters. The van der Waals surface area contributed by atoms with Crippen LogP contribution in [0.5, 0.6) is 0 Å². The second-order valence-electron chi connectivity index (χ2n) is 7.57. The van der Waals surface area contributed by atoms with Crippen molar-refractivity contribution in [3.05, 3.63) is 59.4 Å². The molecule has 0 fully saturated rings. The third-order valence-electron chi connectivity index (χ3n) is 5.36. The Bertz CT molecular complexity index is 1030. The molecular formula is C23H26N4OS. The number of hydrogen-bond donors (Lipinski definition) is 1. The highest BCUT2D eigenvalue weighted by Crippen LogP contribution is 2.25. The van der Waals surface area contributed by atoms with Crippen LogP contribution >= 0.6 is 11.8 Å². The Balaban J connectivity index is 1.43. The molecular weight excluding hydrogens is 380 g/mol. The molecule has 1 aromatic heterocycles. The van der Waals surface area contributed by atoms with E-state index in [1.165, 1.54) is 24.0 Å². The number of benzene rings is 2. The van der Waals surface area contributed by atoms with Gasteiger partial charge in [0.05, 0.1) is 5.75 Å². The van der Waals surface area contributed by atoms with Gasteiger partial charge < -0.3 is 9.88 Å². The van der Waals surface area contributed by atoms with E-state index in [2.05, 4.69) is 52.1 Å². The Morgan fingerprint density at radius 1 is 1.07 bits per heavy atom. The number of nitrogens with zero attached hydrogens (tertiary/aromatic N) is 3. The molecule has 2 aromatic carbocycles. The van der Waals surface area contributed by atoms with E-state index in [9.17, 15) is 4.79 Å². The lowest BCUT2D eigenvalue weighted by Crippen LogP contribution is -2.14. The summed E-state index contributed by atoms with van der Waals surface area (Å²) in [6.45, 7) is 5.15. The van der Waals surface area contributed by atoms with Crippen LogP contribution < -0.4 is 5.32 Å². The second kappa shape index (κ2) is 8.82. The van der Waals surface area contributed by atoms with E-state index in [1.54, 1.807) is 11.8 Å². The van der Waals surface area contributed by atoms with Gasteiger partial charge in [0.2, 0.25) is 5.91 Å². The second-order valence-corrected chi connectivity index (χ2v) is 8.61. The Labute approximate surface area is 175 Å². The van der Waals surface area contributed by atoms with Crippen LogP contribution in [0.25, 0.3) is 11.4 Å². The summed E-state index contributed by atoms with van der Waals surface area (Å²) in [7, 11) is 0. The first-order valence-electron chi connectivity index (χ1n) is 10.1. The molecule has 1 N–H and O–H groups in total. The smallest absolute Gasteiger partial charge is 0.234 e. The lowest BCUT2D eigenvalue weighted by molar-refractivity contribution is -0.113. The minimum Gasteiger partial charge on any atom is -0.325 e. The first kappa shape index (κ1) is 19.7. The van der Waals surface area contributed by atoms with Gasteiger partial charge in [-0.05, 0) is 62.1 Å². The number of aryl methyl sites for hydroxylation is 3. The monoisotopic (exact) mass is 406 g/mol. The van der Waals surface area contributed by atoms with E-state index >= 15 is 0 Å². The molecule has 150 valence electrons. The first-order valence-corrected chi connectivity index (χ1v) is 11.1. The predicted molar refractivity (Wildman–Crippen MR) is 118 cm³/mol. The number of carbonyl (C=O) groups is 1. The van der Waals surface area contributed by atoms with Crippen molar-refractivity contribution in [2.24, 2.45) is 0 Å². The molecule has 2 heterocycles. The Morgan fingerprint density at radius 2 is 1.97 bits per heavy atom. The molecule has 29 heavy (non-hydrogen) atoms. The van der Waals surface area contributed by atoms with Gasteiger partial charge in [-0.25, -0.2) is 0 Å². The summed E-state index contributed by atoms with van der Waals surface area (Å²) >= 11 is 1.56. The molecule has 0 bridgehead atoms. The number of fused-ring (bicyclic) bond motifs is 1. The summed E-state index contributed by atoms with van der Waals surface area (Å²) in [6, 6.07) is 14.2. The maximum atomic E-state index is 12.4. The van der Waals surface area contributed by atoms with E-state index in [0.29, 0.717) is 5.75 Å². The molecule has 1 aliphatic rings. The van der Waals surface area contributed by atoms with Crippen LogP contribution in [0.4, 0.5) is 5.69 Å². The lowest BCUT2D eigenvalue weighted by Gasteiger charge is -2.10. The summed E-state index contributed by atoms with van der Waals surface area (Å²) < 4.78 is 2.23. The largest absolute Gasteiger partial charge is 0.325 e. The van der Waals surface area contributed by atoms with Crippen LogP contribution in [0.3, 0.4) is 0 Å². The molecule has 0 aliphatic carbocycles. The number of thioether (sulfide) groups is 1. The molecule has 5 nitrogen and oxygen atoms in total. The maximum absolute atomic E-state index is 12.4. The molecule has 0 saturated heterocycles. The van der Waals surface area contributed by atoms with Crippen LogP contribution in [0.1, 0.15) is 36.2 Å². The van der Waals surface area contributed by atoms with Crippen molar-refractivity contribution in [1.82, 2.24) is 14.8 Å². The Morgan fingerprint density at radius 3 is 2.83 bits per heavy atom. The average molecular weight is 407 g/mol. The van der Waals surface area contributed by atoms with Gasteiger partial charge in [-0.15, -0.1) is 22.0 Å². The number of amides is 1. The predicted octanol–water partition coefficient (Wildman–Crippen LogP) is 5.02. The van der Waals surface area contributed by atoms with Crippen LogP contribution in [-0.2, 0) is 17.8 Å². The minimum atomic E-state index is -0.00884. The molecule has 1 aliphatic heterocycles. The van der Waals surface area contributed by atoms with Gasteiger partial charge in [-0.2, -0.15) is 0 Å². The van der Waals surface area contributed by atoms with Gasteiger partial charge in [0.25, 0.3) is 0 Å². The van der Waals surface area contributed by atoms with Crippen LogP contribution in [0, 0.1) is 13.8 Å². The van der Waals surface area contributed by atoms with E-state index in [1.807, 2.05) is 24.3 Å². The fourth-order valence-corrected chi connectivity index (χ4v) is 4.38. The van der Waals surface area contributed by atoms with Gasteiger partial charge in [0.15, 0.2) is 5.82 Å². The summed E-state index contributed by atoms with van der Waals surface area (Å²) in [5.41, 5.74) is 4.29. The zero-order valence-electron chi connectivity index (χ0n) is 16.9. The first-order chi connectivity index (χ1) is 14.1. The molecule has 6 heteroatoms. The van der Waals surface area contributed by atoms with Crippen molar-refractivity contribution >= 4 is 23.4 Å². The average Bonchev–Trinajstić information content (AvgIpc) is 2.97. The number of rotatable bonds is 5. The van der Waals surface area contributed by atoms with E-state index < -0.39 is 0 Å². The summed E-state index contributed by atoms with van der Waals surface area (Å²) in [6.07, 6.45) is 4.55. The van der Waals surface area contributed by atoms with Crippen LogP contribution in [0.2, 0.25) is 0 Å². The number of carbonyl (C=O) groups excluding carboxylic acids is 1. The van der Waals surface area contributed by atoms with Crippen molar-refractivity contribution in [3.63, 3.8) is 0 Å². The van der Waals surface area contributed by atoms with Crippen molar-refractivity contribution in [1.29, 1.82) is 0 Å². The maximum Gasteiger partial charge on any atom is 0.234 e. The topological polar surface area (TPSA) is 59.8 Å². The van der Waals surface area contributed by atoms with Gasteiger partial charge in [-0.1, -0.05) is 24.6 Å². The van der Waals surface area contributed by atoms with Gasteiger partial charge >= 0.3 is 0 Å². The third kappa shape index (κ3) is 4.70. The third-order valence-corrected chi connectivity index (χ3v) is 6.36. The van der Waals surface area contributed by atoms with Crippen LogP contribution in [0.15, 0.2) is 47.4 Å². The molecule has 0 saturated carbocycles. The van der Waals surface area contributed by atoms with Gasteiger partial charge in [0, 0.05) is 29.1 Å². The quantitative estimate of drug-likeness (QED) is 0.605. The summed E-state index contributed by atoms with van der Waals surface area (Å²) in [5, 5.41) is 11.8. The highest BCUT2D eigenvalue weighted by Gasteiger charge is 2.16. The van der Waals surface area contributed by atoms with Crippen LogP contribution in [-0.4, -0.2) is 26.4 Å². The lowest BCUT2D eigenvalue weighted by atomic mass is 10.1. The zero-order valence-corrected chi connectivity index (χ0v) is 17.8. The molecule has 4 rings (SSSR count). The van der Waals surface area contributed by atoms with Crippen molar-refractivity contribution in [3.8, 4) is 11.4 Å². The number of anilines is 1. The minimum absolute atomic E-state index is 0.00884. The number of nitrogens with one attached hydrogen (secondary N) is 1. The Hall–Kier alpha value is -2.60. The number of aromatic nitrogens is 3. The fourth-order valence-electron chi connectivity index (χ4n) is 3.58. The standard InChI is InChI=1S/C23H26N4OS/c1-16-10-11-20(13-17(16)2)29-15-22(28)24-19-8-6-7-18(14-19)23-26-25-21-9-4-3-5-12-27(21)23/h6-8,10-11,13-14H,3-5,9,12,15H2,1-2H3,(H,24,28). The van der Waals surface area contributed by atoms with Crippen molar-refractivity contribution in [2.75, 3.05) is 11.1 Å². The highest BCUT2D eigenvalue weighted by molar-refractivity contribution is 8.00. The zero-order chi connectivity index (χ0) is 20.2. The molecule has 0 unspecified atom stereocenters. The highest BCUT2D eigenvalue weighted by atomic mass is 32.2. The van der Waals surface area contributed by atoms with E-state index in [4.69, 9.17) is 0 Å². The normalized spacial score (nSPS) is 13.6. The van der Waals surface area contributed by atoms with Crippen molar-refractivity contribution < 1.29 is 4.79 Å². The molecule has 0 radical (unpaired) electrons. The Kier molecular flexibility index (Phi) is 6.00. The van der Waals surface area contributed by atoms with Gasteiger partial charge in [-0.3, -0.25) is 4.79 Å². The molecule has 3 aromatic rings. The summed E-state index contributed by atoms with van der Waals surface area (Å²) in [5.74, 6) is 2.33. The van der Waals surface area contributed by atoms with Crippen molar-refractivity contribution in [2.45, 2.75) is 51.0 Å². The fraction of sp³-hybridized carbons (Fsp3) is 0.348. The van der Waals surface area contributed by atoms with E-state index in [0.717, 1.165) is 47.2 Å². The number of hydrogen-bond acceptors (Lipinski definition) is 4. The molecule has 0 spiro atoms. The summed E-state index contributed by atoms with van der Waals surface area (Å²) in [4.78, 5) is 13.6.